The maximum Gasteiger partial charge on any atom is 0.433 e. The van der Waals surface area contributed by atoms with E-state index < -0.39 is 11.9 Å². The van der Waals surface area contributed by atoms with Crippen LogP contribution in [-0.2, 0) is 6.18 Å². The number of pyridine rings is 1. The third kappa shape index (κ3) is 4.24. The van der Waals surface area contributed by atoms with E-state index in [9.17, 15) is 13.2 Å². The van der Waals surface area contributed by atoms with Gasteiger partial charge in [-0.15, -0.1) is 0 Å². The minimum atomic E-state index is -4.39. The van der Waals surface area contributed by atoms with Crippen LogP contribution in [0.2, 0.25) is 0 Å². The molecule has 0 unspecified atom stereocenters. The van der Waals surface area contributed by atoms with Crippen molar-refractivity contribution in [2.75, 3.05) is 25.0 Å². The summed E-state index contributed by atoms with van der Waals surface area (Å²) in [7, 11) is 0. The maximum atomic E-state index is 12.5. The zero-order valence-electron chi connectivity index (χ0n) is 10.4. The van der Waals surface area contributed by atoms with E-state index in [0.717, 1.165) is 32.0 Å². The first-order valence-electron chi connectivity index (χ1n) is 6.22. The molecule has 0 saturated heterocycles. The molecule has 0 radical (unpaired) electrons. The molecule has 2 N–H and O–H groups in total. The molecule has 104 valence electrons. The van der Waals surface area contributed by atoms with Crippen LogP contribution in [0.1, 0.15) is 18.5 Å². The van der Waals surface area contributed by atoms with Crippen LogP contribution in [0, 0.1) is 0 Å². The van der Waals surface area contributed by atoms with Crippen LogP contribution in [0.25, 0.3) is 0 Å². The Kier molecular flexibility index (Phi) is 4.42. The Morgan fingerprint density at radius 2 is 2.16 bits per heavy atom. The third-order valence-corrected chi connectivity index (χ3v) is 2.95. The second-order valence-electron chi connectivity index (χ2n) is 4.40. The SMILES string of the molecule is FC(F)(F)c1cccc(NCCC2=CCNCC2)n1. The van der Waals surface area contributed by atoms with E-state index in [2.05, 4.69) is 21.7 Å². The largest absolute Gasteiger partial charge is 0.433 e. The zero-order valence-corrected chi connectivity index (χ0v) is 10.4. The molecule has 3 nitrogen and oxygen atoms in total. The van der Waals surface area contributed by atoms with Crippen molar-refractivity contribution in [2.24, 2.45) is 0 Å². The Balaban J connectivity index is 1.87. The number of aromatic nitrogens is 1. The first kappa shape index (κ1) is 13.9. The smallest absolute Gasteiger partial charge is 0.370 e. The number of anilines is 1. The standard InChI is InChI=1S/C13H16F3N3/c14-13(15,16)11-2-1-3-12(19-11)18-9-6-10-4-7-17-8-5-10/h1-4,17H,5-9H2,(H,18,19). The molecule has 0 amide bonds. The quantitative estimate of drug-likeness (QED) is 0.827. The van der Waals surface area contributed by atoms with Crippen LogP contribution < -0.4 is 10.6 Å². The summed E-state index contributed by atoms with van der Waals surface area (Å²) >= 11 is 0. The summed E-state index contributed by atoms with van der Waals surface area (Å²) in [5.41, 5.74) is 0.469. The van der Waals surface area contributed by atoms with E-state index in [0.29, 0.717) is 6.54 Å². The molecule has 0 saturated carbocycles. The molecule has 2 rings (SSSR count). The molecule has 2 heterocycles. The maximum absolute atomic E-state index is 12.5. The van der Waals surface area contributed by atoms with Crippen molar-refractivity contribution in [1.82, 2.24) is 10.3 Å². The van der Waals surface area contributed by atoms with Crippen molar-refractivity contribution < 1.29 is 13.2 Å². The van der Waals surface area contributed by atoms with Crippen molar-refractivity contribution in [1.29, 1.82) is 0 Å². The van der Waals surface area contributed by atoms with E-state index in [-0.39, 0.29) is 5.82 Å². The Morgan fingerprint density at radius 3 is 2.84 bits per heavy atom. The van der Waals surface area contributed by atoms with Gasteiger partial charge in [-0.05, 0) is 31.5 Å². The summed E-state index contributed by atoms with van der Waals surface area (Å²) in [4.78, 5) is 3.56. The van der Waals surface area contributed by atoms with E-state index in [1.807, 2.05) is 0 Å². The summed E-state index contributed by atoms with van der Waals surface area (Å²) in [6.07, 6.45) is -0.433. The van der Waals surface area contributed by atoms with Gasteiger partial charge in [-0.1, -0.05) is 17.7 Å². The van der Waals surface area contributed by atoms with Gasteiger partial charge in [0.2, 0.25) is 0 Å². The highest BCUT2D eigenvalue weighted by molar-refractivity contribution is 5.36. The summed E-state index contributed by atoms with van der Waals surface area (Å²) in [5.74, 6) is 0.268. The molecule has 0 atom stereocenters. The highest BCUT2D eigenvalue weighted by Crippen LogP contribution is 2.28. The van der Waals surface area contributed by atoms with Gasteiger partial charge in [-0.25, -0.2) is 4.98 Å². The van der Waals surface area contributed by atoms with Crippen LogP contribution >= 0.6 is 0 Å². The molecule has 0 spiro atoms. The Bertz CT molecular complexity index is 455. The van der Waals surface area contributed by atoms with Crippen LogP contribution in [0.5, 0.6) is 0 Å². The van der Waals surface area contributed by atoms with E-state index in [1.165, 1.54) is 11.6 Å². The predicted molar refractivity (Wildman–Crippen MR) is 67.9 cm³/mol. The molecule has 6 heteroatoms. The van der Waals surface area contributed by atoms with Crippen molar-refractivity contribution in [3.8, 4) is 0 Å². The number of nitrogens with zero attached hydrogens (tertiary/aromatic N) is 1. The van der Waals surface area contributed by atoms with Crippen LogP contribution in [0.15, 0.2) is 29.8 Å². The fourth-order valence-electron chi connectivity index (χ4n) is 1.94. The fourth-order valence-corrected chi connectivity index (χ4v) is 1.94. The van der Waals surface area contributed by atoms with Crippen molar-refractivity contribution in [3.05, 3.63) is 35.5 Å². The molecule has 1 aliphatic heterocycles. The van der Waals surface area contributed by atoms with Crippen LogP contribution in [0.4, 0.5) is 19.0 Å². The molecule has 0 aliphatic carbocycles. The predicted octanol–water partition coefficient (Wildman–Crippen LogP) is 2.82. The van der Waals surface area contributed by atoms with Gasteiger partial charge in [0, 0.05) is 13.1 Å². The minimum absolute atomic E-state index is 0.268. The summed E-state index contributed by atoms with van der Waals surface area (Å²) < 4.78 is 37.4. The number of alkyl halides is 3. The lowest BCUT2D eigenvalue weighted by Crippen LogP contribution is -2.21. The van der Waals surface area contributed by atoms with Crippen molar-refractivity contribution in [2.45, 2.75) is 19.0 Å². The van der Waals surface area contributed by atoms with Gasteiger partial charge in [0.1, 0.15) is 11.5 Å². The molecular formula is C13H16F3N3. The molecule has 1 aromatic heterocycles. The second-order valence-corrected chi connectivity index (χ2v) is 4.40. The minimum Gasteiger partial charge on any atom is -0.370 e. The number of rotatable bonds is 4. The molecular weight excluding hydrogens is 255 g/mol. The highest BCUT2D eigenvalue weighted by Gasteiger charge is 2.32. The van der Waals surface area contributed by atoms with Gasteiger partial charge >= 0.3 is 6.18 Å². The number of nitrogens with one attached hydrogen (secondary N) is 2. The van der Waals surface area contributed by atoms with Gasteiger partial charge in [0.05, 0.1) is 0 Å². The number of hydrogen-bond donors (Lipinski definition) is 2. The number of hydrogen-bond acceptors (Lipinski definition) is 3. The van der Waals surface area contributed by atoms with Crippen molar-refractivity contribution >= 4 is 5.82 Å². The number of halogens is 3. The van der Waals surface area contributed by atoms with Gasteiger partial charge in [-0.3, -0.25) is 0 Å². The summed E-state index contributed by atoms with van der Waals surface area (Å²) in [6, 6.07) is 3.88. The van der Waals surface area contributed by atoms with Gasteiger partial charge in [-0.2, -0.15) is 13.2 Å². The van der Waals surface area contributed by atoms with Gasteiger partial charge in [0.25, 0.3) is 0 Å². The molecule has 0 bridgehead atoms. The van der Waals surface area contributed by atoms with Gasteiger partial charge < -0.3 is 10.6 Å². The lowest BCUT2D eigenvalue weighted by Gasteiger charge is -2.14. The fraction of sp³-hybridized carbons (Fsp3) is 0.462. The van der Waals surface area contributed by atoms with Crippen LogP contribution in [0.3, 0.4) is 0 Å². The lowest BCUT2D eigenvalue weighted by molar-refractivity contribution is -0.141. The Hall–Kier alpha value is -1.56. The summed E-state index contributed by atoms with van der Waals surface area (Å²) in [6.45, 7) is 2.44. The monoisotopic (exact) mass is 271 g/mol. The van der Waals surface area contributed by atoms with E-state index in [4.69, 9.17) is 0 Å². The van der Waals surface area contributed by atoms with E-state index in [1.54, 1.807) is 6.07 Å². The van der Waals surface area contributed by atoms with E-state index >= 15 is 0 Å². The van der Waals surface area contributed by atoms with Gasteiger partial charge in [0.15, 0.2) is 0 Å². The first-order valence-corrected chi connectivity index (χ1v) is 6.22. The summed E-state index contributed by atoms with van der Waals surface area (Å²) in [5, 5.41) is 6.14. The highest BCUT2D eigenvalue weighted by atomic mass is 19.4. The van der Waals surface area contributed by atoms with Crippen molar-refractivity contribution in [3.63, 3.8) is 0 Å². The molecule has 19 heavy (non-hydrogen) atoms. The zero-order chi connectivity index (χ0) is 13.7. The topological polar surface area (TPSA) is 37.0 Å². The third-order valence-electron chi connectivity index (χ3n) is 2.95. The molecule has 1 aromatic rings. The van der Waals surface area contributed by atoms with Crippen LogP contribution in [-0.4, -0.2) is 24.6 Å². The molecule has 0 aromatic carbocycles. The second kappa shape index (κ2) is 6.06. The normalized spacial score (nSPS) is 16.1. The molecule has 1 aliphatic rings. The molecule has 0 fully saturated rings. The Morgan fingerprint density at radius 1 is 1.32 bits per heavy atom. The lowest BCUT2D eigenvalue weighted by atomic mass is 10.1. The first-order chi connectivity index (χ1) is 9.05. The Labute approximate surface area is 109 Å². The average molecular weight is 271 g/mol. The average Bonchev–Trinajstić information content (AvgIpc) is 2.39.